The van der Waals surface area contributed by atoms with Gasteiger partial charge in [0.1, 0.15) is 5.52 Å². The quantitative estimate of drug-likeness (QED) is 0.772. The Morgan fingerprint density at radius 3 is 2.44 bits per heavy atom. The Hall–Kier alpha value is -3.19. The molecule has 7 heteroatoms. The maximum Gasteiger partial charge on any atom is 0.255 e. The zero-order valence-electron chi connectivity index (χ0n) is 15.0. The van der Waals surface area contributed by atoms with Gasteiger partial charge in [0.05, 0.1) is 0 Å². The minimum Gasteiger partial charge on any atom is -0.443 e. The lowest BCUT2D eigenvalue weighted by atomic mass is 10.1. The van der Waals surface area contributed by atoms with Crippen LogP contribution in [0.3, 0.4) is 0 Å². The van der Waals surface area contributed by atoms with Gasteiger partial charge in [0.2, 0.25) is 0 Å². The number of nitrogens with one attached hydrogen (secondary N) is 1. The summed E-state index contributed by atoms with van der Waals surface area (Å²) in [5.74, 6) is -0.212. The third-order valence-electron chi connectivity index (χ3n) is 4.77. The van der Waals surface area contributed by atoms with Gasteiger partial charge in [-0.15, -0.1) is 0 Å². The van der Waals surface area contributed by atoms with Crippen molar-refractivity contribution in [2.75, 3.05) is 38.5 Å². The summed E-state index contributed by atoms with van der Waals surface area (Å²) in [7, 11) is 2.06. The molecule has 138 valence electrons. The third kappa shape index (κ3) is 3.68. The van der Waals surface area contributed by atoms with E-state index in [1.807, 2.05) is 4.90 Å². The normalized spacial score (nSPS) is 15.1. The van der Waals surface area contributed by atoms with Gasteiger partial charge in [-0.05, 0) is 49.5 Å². The van der Waals surface area contributed by atoms with E-state index in [9.17, 15) is 9.59 Å². The van der Waals surface area contributed by atoms with E-state index < -0.39 is 0 Å². The molecule has 2 aromatic carbocycles. The monoisotopic (exact) mass is 364 g/mol. The highest BCUT2D eigenvalue weighted by Gasteiger charge is 2.20. The fraction of sp³-hybridized carbons (Fsp3) is 0.250. The van der Waals surface area contributed by atoms with Crippen molar-refractivity contribution < 1.29 is 14.0 Å². The predicted molar refractivity (Wildman–Crippen MR) is 102 cm³/mol. The second-order valence-corrected chi connectivity index (χ2v) is 6.66. The number of hydrogen-bond donors (Lipinski definition) is 1. The van der Waals surface area contributed by atoms with Crippen molar-refractivity contribution in [3.63, 3.8) is 0 Å². The van der Waals surface area contributed by atoms with Crippen molar-refractivity contribution in [2.45, 2.75) is 0 Å². The number of hydrogen-bond acceptors (Lipinski definition) is 5. The Bertz CT molecular complexity index is 972. The van der Waals surface area contributed by atoms with E-state index in [1.165, 1.54) is 6.39 Å². The van der Waals surface area contributed by atoms with Crippen molar-refractivity contribution in [3.8, 4) is 0 Å². The first-order valence-corrected chi connectivity index (χ1v) is 8.83. The van der Waals surface area contributed by atoms with Crippen LogP contribution in [0, 0.1) is 0 Å². The van der Waals surface area contributed by atoms with Gasteiger partial charge in [-0.1, -0.05) is 0 Å². The highest BCUT2D eigenvalue weighted by atomic mass is 16.3. The van der Waals surface area contributed by atoms with Gasteiger partial charge in [-0.2, -0.15) is 0 Å². The lowest BCUT2D eigenvalue weighted by Crippen LogP contribution is -2.47. The molecular weight excluding hydrogens is 344 g/mol. The van der Waals surface area contributed by atoms with Gasteiger partial charge in [0.15, 0.2) is 12.0 Å². The van der Waals surface area contributed by atoms with E-state index in [0.29, 0.717) is 27.9 Å². The highest BCUT2D eigenvalue weighted by molar-refractivity contribution is 6.06. The number of benzene rings is 2. The molecule has 0 aliphatic carbocycles. The summed E-state index contributed by atoms with van der Waals surface area (Å²) in [6, 6.07) is 12.1. The lowest BCUT2D eigenvalue weighted by molar-refractivity contribution is 0.0664. The number of rotatable bonds is 3. The molecule has 1 aromatic heterocycles. The largest absolute Gasteiger partial charge is 0.443 e. The maximum atomic E-state index is 12.6. The van der Waals surface area contributed by atoms with Crippen LogP contribution in [-0.4, -0.2) is 59.8 Å². The second-order valence-electron chi connectivity index (χ2n) is 6.66. The number of aromatic nitrogens is 1. The molecule has 0 spiro atoms. The molecule has 1 N–H and O–H groups in total. The summed E-state index contributed by atoms with van der Waals surface area (Å²) in [6.07, 6.45) is 1.35. The number of anilines is 1. The smallest absolute Gasteiger partial charge is 0.255 e. The lowest BCUT2D eigenvalue weighted by Gasteiger charge is -2.32. The zero-order chi connectivity index (χ0) is 18.8. The summed E-state index contributed by atoms with van der Waals surface area (Å²) in [4.78, 5) is 33.1. The molecule has 7 nitrogen and oxygen atoms in total. The number of amides is 2. The predicted octanol–water partition coefficient (Wildman–Crippen LogP) is 2.47. The van der Waals surface area contributed by atoms with E-state index in [1.54, 1.807) is 42.5 Å². The van der Waals surface area contributed by atoms with Crippen LogP contribution in [0.5, 0.6) is 0 Å². The van der Waals surface area contributed by atoms with Gasteiger partial charge in [0, 0.05) is 43.0 Å². The molecule has 3 aromatic rings. The minimum atomic E-state index is -0.238. The Morgan fingerprint density at radius 2 is 1.70 bits per heavy atom. The standard InChI is InChI=1S/C20H20N4O3/c1-23-8-10-24(11-9-23)20(26)14-2-5-16(6-3-14)22-19(25)15-4-7-18-17(12-15)21-13-27-18/h2-7,12-13H,8-11H2,1H3,(H,22,25). The summed E-state index contributed by atoms with van der Waals surface area (Å²) in [6.45, 7) is 3.24. The summed E-state index contributed by atoms with van der Waals surface area (Å²) >= 11 is 0. The number of piperazine rings is 1. The van der Waals surface area contributed by atoms with E-state index in [2.05, 4.69) is 22.2 Å². The van der Waals surface area contributed by atoms with Crippen LogP contribution in [-0.2, 0) is 0 Å². The first-order chi connectivity index (χ1) is 13.1. The Labute approximate surface area is 156 Å². The van der Waals surface area contributed by atoms with Crippen LogP contribution in [0.1, 0.15) is 20.7 Å². The average molecular weight is 364 g/mol. The Morgan fingerprint density at radius 1 is 1.00 bits per heavy atom. The number of oxazole rings is 1. The van der Waals surface area contributed by atoms with Crippen LogP contribution in [0.25, 0.3) is 11.1 Å². The van der Waals surface area contributed by atoms with Crippen LogP contribution >= 0.6 is 0 Å². The topological polar surface area (TPSA) is 78.7 Å². The SMILES string of the molecule is CN1CCN(C(=O)c2ccc(NC(=O)c3ccc4ocnc4c3)cc2)CC1. The molecular formula is C20H20N4O3. The van der Waals surface area contributed by atoms with Crippen LogP contribution in [0.4, 0.5) is 5.69 Å². The van der Waals surface area contributed by atoms with Crippen molar-refractivity contribution in [3.05, 3.63) is 60.0 Å². The molecule has 2 heterocycles. The molecule has 0 unspecified atom stereocenters. The highest BCUT2D eigenvalue weighted by Crippen LogP contribution is 2.17. The van der Waals surface area contributed by atoms with Crippen molar-refractivity contribution in [2.24, 2.45) is 0 Å². The summed E-state index contributed by atoms with van der Waals surface area (Å²) < 4.78 is 5.18. The third-order valence-corrected chi connectivity index (χ3v) is 4.77. The van der Waals surface area contributed by atoms with E-state index in [-0.39, 0.29) is 11.8 Å². The van der Waals surface area contributed by atoms with Gasteiger partial charge in [-0.25, -0.2) is 4.98 Å². The molecule has 1 aliphatic rings. The molecule has 0 radical (unpaired) electrons. The van der Waals surface area contributed by atoms with Gasteiger partial charge < -0.3 is 19.5 Å². The molecule has 4 rings (SSSR count). The number of carbonyl (C=O) groups excluding carboxylic acids is 2. The number of carbonyl (C=O) groups is 2. The Balaban J connectivity index is 1.42. The van der Waals surface area contributed by atoms with Crippen molar-refractivity contribution >= 4 is 28.6 Å². The van der Waals surface area contributed by atoms with Crippen LogP contribution < -0.4 is 5.32 Å². The number of likely N-dealkylation sites (N-methyl/N-ethyl adjacent to an activating group) is 1. The fourth-order valence-electron chi connectivity index (χ4n) is 3.09. The van der Waals surface area contributed by atoms with E-state index >= 15 is 0 Å². The zero-order valence-corrected chi connectivity index (χ0v) is 15.0. The van der Waals surface area contributed by atoms with Crippen LogP contribution in [0.2, 0.25) is 0 Å². The molecule has 0 atom stereocenters. The number of nitrogens with zero attached hydrogens (tertiary/aromatic N) is 3. The van der Waals surface area contributed by atoms with Gasteiger partial charge >= 0.3 is 0 Å². The van der Waals surface area contributed by atoms with Crippen molar-refractivity contribution in [1.82, 2.24) is 14.8 Å². The number of fused-ring (bicyclic) bond motifs is 1. The molecule has 2 amide bonds. The van der Waals surface area contributed by atoms with E-state index in [4.69, 9.17) is 4.42 Å². The summed E-state index contributed by atoms with van der Waals surface area (Å²) in [5, 5.41) is 2.84. The van der Waals surface area contributed by atoms with Crippen LogP contribution in [0.15, 0.2) is 53.3 Å². The molecule has 0 saturated carbocycles. The Kier molecular flexibility index (Phi) is 4.60. The first kappa shape index (κ1) is 17.2. The molecule has 27 heavy (non-hydrogen) atoms. The molecule has 1 fully saturated rings. The van der Waals surface area contributed by atoms with Gasteiger partial charge in [0.25, 0.3) is 11.8 Å². The molecule has 1 saturated heterocycles. The van der Waals surface area contributed by atoms with Crippen molar-refractivity contribution in [1.29, 1.82) is 0 Å². The molecule has 1 aliphatic heterocycles. The molecule has 0 bridgehead atoms. The maximum absolute atomic E-state index is 12.6. The first-order valence-electron chi connectivity index (χ1n) is 8.83. The fourth-order valence-corrected chi connectivity index (χ4v) is 3.09. The van der Waals surface area contributed by atoms with Gasteiger partial charge in [-0.3, -0.25) is 9.59 Å². The minimum absolute atomic E-state index is 0.0254. The second kappa shape index (κ2) is 7.20. The van der Waals surface area contributed by atoms with E-state index in [0.717, 1.165) is 26.2 Å². The average Bonchev–Trinajstić information content (AvgIpc) is 3.16. The summed E-state index contributed by atoms with van der Waals surface area (Å²) in [5.41, 5.74) is 3.03.